The summed E-state index contributed by atoms with van der Waals surface area (Å²) in [7, 11) is 1.82. The predicted molar refractivity (Wildman–Crippen MR) is 126 cm³/mol. The highest BCUT2D eigenvalue weighted by Gasteiger charge is 2.54. The molecule has 1 atom stereocenters. The molecule has 4 heterocycles. The van der Waals surface area contributed by atoms with E-state index in [2.05, 4.69) is 20.5 Å². The molecule has 2 fully saturated rings. The SMILES string of the molecule is Cc1c([C@@H](N)Nc2nnc(C)c3cnc(N4CC5(CCN(C)C5=O)C4)cc23)cccc1C(F)(F)F. The van der Waals surface area contributed by atoms with Crippen molar-refractivity contribution in [1.29, 1.82) is 0 Å². The Morgan fingerprint density at radius 2 is 1.91 bits per heavy atom. The van der Waals surface area contributed by atoms with Crippen molar-refractivity contribution in [1.82, 2.24) is 20.1 Å². The van der Waals surface area contributed by atoms with Gasteiger partial charge in [-0.25, -0.2) is 4.98 Å². The van der Waals surface area contributed by atoms with Gasteiger partial charge in [-0.2, -0.15) is 18.3 Å². The summed E-state index contributed by atoms with van der Waals surface area (Å²) in [5, 5.41) is 12.9. The number of hydrogen-bond donors (Lipinski definition) is 2. The fourth-order valence-corrected chi connectivity index (χ4v) is 5.10. The van der Waals surface area contributed by atoms with Crippen LogP contribution in [0.25, 0.3) is 10.8 Å². The van der Waals surface area contributed by atoms with Crippen molar-refractivity contribution in [2.24, 2.45) is 11.1 Å². The highest BCUT2D eigenvalue weighted by atomic mass is 19.4. The Morgan fingerprint density at radius 1 is 1.17 bits per heavy atom. The number of rotatable bonds is 4. The maximum atomic E-state index is 13.4. The topological polar surface area (TPSA) is 100 Å². The number of alkyl halides is 3. The van der Waals surface area contributed by atoms with Gasteiger partial charge in [-0.1, -0.05) is 12.1 Å². The van der Waals surface area contributed by atoms with Crippen LogP contribution in [0, 0.1) is 19.3 Å². The molecule has 5 rings (SSSR count). The quantitative estimate of drug-likeness (QED) is 0.547. The highest BCUT2D eigenvalue weighted by molar-refractivity contribution is 5.95. The summed E-state index contributed by atoms with van der Waals surface area (Å²) in [6.07, 6.45) is -2.88. The number of aromatic nitrogens is 3. The first-order chi connectivity index (χ1) is 16.5. The van der Waals surface area contributed by atoms with Crippen LogP contribution >= 0.6 is 0 Å². The second-order valence-corrected chi connectivity index (χ2v) is 9.47. The summed E-state index contributed by atoms with van der Waals surface area (Å²) in [5.74, 6) is 1.22. The number of pyridine rings is 1. The van der Waals surface area contributed by atoms with E-state index < -0.39 is 17.9 Å². The lowest BCUT2D eigenvalue weighted by molar-refractivity contribution is -0.138. The number of hydrogen-bond acceptors (Lipinski definition) is 7. The van der Waals surface area contributed by atoms with Crippen LogP contribution in [0.4, 0.5) is 24.8 Å². The number of nitrogens with zero attached hydrogens (tertiary/aromatic N) is 5. The predicted octanol–water partition coefficient (Wildman–Crippen LogP) is 3.40. The molecule has 2 aliphatic heterocycles. The summed E-state index contributed by atoms with van der Waals surface area (Å²) in [6.45, 7) is 5.16. The van der Waals surface area contributed by atoms with E-state index in [0.29, 0.717) is 41.4 Å². The van der Waals surface area contributed by atoms with Crippen LogP contribution < -0.4 is 16.0 Å². The lowest BCUT2D eigenvalue weighted by Gasteiger charge is -2.47. The van der Waals surface area contributed by atoms with Crippen molar-refractivity contribution in [3.05, 3.63) is 52.8 Å². The molecule has 11 heteroatoms. The highest BCUT2D eigenvalue weighted by Crippen LogP contribution is 2.42. The number of fused-ring (bicyclic) bond motifs is 1. The Kier molecular flexibility index (Phi) is 5.35. The molecule has 8 nitrogen and oxygen atoms in total. The Hall–Kier alpha value is -3.47. The third-order valence-electron chi connectivity index (χ3n) is 7.18. The molecule has 35 heavy (non-hydrogen) atoms. The first-order valence-corrected chi connectivity index (χ1v) is 11.3. The molecule has 1 amide bonds. The molecule has 1 spiro atoms. The minimum absolute atomic E-state index is 0.0591. The average molecular weight is 486 g/mol. The molecule has 0 saturated carbocycles. The number of nitrogens with two attached hydrogens (primary N) is 1. The molecule has 0 unspecified atom stereocenters. The number of carbonyl (C=O) groups is 1. The van der Waals surface area contributed by atoms with Crippen LogP contribution in [-0.2, 0) is 11.0 Å². The van der Waals surface area contributed by atoms with Crippen LogP contribution in [0.3, 0.4) is 0 Å². The zero-order valence-corrected chi connectivity index (χ0v) is 19.6. The van der Waals surface area contributed by atoms with Crippen LogP contribution in [0.1, 0.15) is 35.0 Å². The first-order valence-electron chi connectivity index (χ1n) is 11.3. The van der Waals surface area contributed by atoms with Crippen LogP contribution in [-0.4, -0.2) is 52.7 Å². The normalized spacial score (nSPS) is 18.3. The van der Waals surface area contributed by atoms with Gasteiger partial charge < -0.3 is 20.9 Å². The fraction of sp³-hybridized carbons (Fsp3) is 0.417. The molecule has 2 saturated heterocycles. The minimum atomic E-state index is -4.47. The van der Waals surface area contributed by atoms with Crippen molar-refractivity contribution >= 4 is 28.3 Å². The standard InChI is InChI=1S/C24H26F3N7O/c1-13-15(5-4-6-18(13)24(25,26)27)20(28)30-21-16-9-19(29-10-17(16)14(2)31-32-21)34-11-23(12-34)7-8-33(3)22(23)35/h4-6,9-10,20H,7-8,11-12,28H2,1-3H3,(H,30,32)/t20-/m0/s1. The Balaban J connectivity index is 1.44. The molecular formula is C24H26F3N7O. The molecule has 3 N–H and O–H groups in total. The molecule has 1 aromatic carbocycles. The lowest BCUT2D eigenvalue weighted by Crippen LogP contribution is -2.60. The maximum Gasteiger partial charge on any atom is 0.416 e. The number of aryl methyl sites for hydroxylation is 1. The average Bonchev–Trinajstić information content (AvgIpc) is 3.08. The Bertz CT molecular complexity index is 1320. The number of benzene rings is 1. The number of carbonyl (C=O) groups excluding carboxylic acids is 1. The molecule has 3 aromatic rings. The molecule has 2 aromatic heterocycles. The summed E-state index contributed by atoms with van der Waals surface area (Å²) in [6, 6.07) is 5.81. The van der Waals surface area contributed by atoms with Crippen LogP contribution in [0.15, 0.2) is 30.5 Å². The van der Waals surface area contributed by atoms with Crippen molar-refractivity contribution in [2.45, 2.75) is 32.6 Å². The van der Waals surface area contributed by atoms with E-state index in [-0.39, 0.29) is 16.9 Å². The zero-order chi connectivity index (χ0) is 25.1. The summed E-state index contributed by atoms with van der Waals surface area (Å²) >= 11 is 0. The van der Waals surface area contributed by atoms with Gasteiger partial charge in [0.15, 0.2) is 5.82 Å². The maximum absolute atomic E-state index is 13.4. The second kappa shape index (κ2) is 8.04. The fourth-order valence-electron chi connectivity index (χ4n) is 5.10. The van der Waals surface area contributed by atoms with Crippen LogP contribution in [0.2, 0.25) is 0 Å². The lowest BCUT2D eigenvalue weighted by atomic mass is 9.78. The van der Waals surface area contributed by atoms with E-state index in [1.165, 1.54) is 13.0 Å². The van der Waals surface area contributed by atoms with Gasteiger partial charge in [0.1, 0.15) is 12.0 Å². The van der Waals surface area contributed by atoms with Gasteiger partial charge in [-0.3, -0.25) is 4.79 Å². The smallest absolute Gasteiger partial charge is 0.354 e. The van der Waals surface area contributed by atoms with E-state index in [1.54, 1.807) is 17.2 Å². The van der Waals surface area contributed by atoms with Gasteiger partial charge in [0, 0.05) is 43.7 Å². The van der Waals surface area contributed by atoms with Gasteiger partial charge in [-0.05, 0) is 43.5 Å². The van der Waals surface area contributed by atoms with Crippen molar-refractivity contribution in [3.8, 4) is 0 Å². The Morgan fingerprint density at radius 3 is 2.57 bits per heavy atom. The largest absolute Gasteiger partial charge is 0.416 e. The number of nitrogens with one attached hydrogen (secondary N) is 1. The van der Waals surface area contributed by atoms with Crippen LogP contribution in [0.5, 0.6) is 0 Å². The van der Waals surface area contributed by atoms with Gasteiger partial charge in [0.25, 0.3) is 0 Å². The molecule has 0 radical (unpaired) electrons. The second-order valence-electron chi connectivity index (χ2n) is 9.47. The molecule has 0 aliphatic carbocycles. The summed E-state index contributed by atoms with van der Waals surface area (Å²) < 4.78 is 40.1. The molecular weight excluding hydrogens is 459 g/mol. The van der Waals surface area contributed by atoms with Gasteiger partial charge in [0.2, 0.25) is 5.91 Å². The molecule has 184 valence electrons. The van der Waals surface area contributed by atoms with Crippen molar-refractivity contribution in [2.75, 3.05) is 36.9 Å². The molecule has 2 aliphatic rings. The van der Waals surface area contributed by atoms with Crippen molar-refractivity contribution in [3.63, 3.8) is 0 Å². The number of halogens is 3. The third kappa shape index (κ3) is 3.83. The molecule has 0 bridgehead atoms. The van der Waals surface area contributed by atoms with E-state index in [9.17, 15) is 18.0 Å². The third-order valence-corrected chi connectivity index (χ3v) is 7.18. The summed E-state index contributed by atoms with van der Waals surface area (Å²) in [5.41, 5.74) is 6.27. The first kappa shape index (κ1) is 23.3. The van der Waals surface area contributed by atoms with Gasteiger partial charge in [-0.15, -0.1) is 5.10 Å². The van der Waals surface area contributed by atoms with E-state index >= 15 is 0 Å². The van der Waals surface area contributed by atoms with Gasteiger partial charge in [0.05, 0.1) is 16.7 Å². The number of anilines is 2. The Labute approximate surface area is 200 Å². The van der Waals surface area contributed by atoms with E-state index in [1.807, 2.05) is 24.9 Å². The van der Waals surface area contributed by atoms with Gasteiger partial charge >= 0.3 is 6.18 Å². The van der Waals surface area contributed by atoms with E-state index in [0.717, 1.165) is 24.4 Å². The number of likely N-dealkylation sites (tertiary alicyclic amines) is 1. The zero-order valence-electron chi connectivity index (χ0n) is 19.6. The number of amides is 1. The van der Waals surface area contributed by atoms with Crippen molar-refractivity contribution < 1.29 is 18.0 Å². The minimum Gasteiger partial charge on any atom is -0.354 e. The monoisotopic (exact) mass is 485 g/mol. The van der Waals surface area contributed by atoms with E-state index in [4.69, 9.17) is 5.73 Å². The summed E-state index contributed by atoms with van der Waals surface area (Å²) in [4.78, 5) is 20.9.